The van der Waals surface area contributed by atoms with Crippen LogP contribution in [-0.4, -0.2) is 90.2 Å². The number of rotatable bonds is 19. The number of phenolic OH excluding ortho intramolecular Hbond substituents is 1. The maximum absolute atomic E-state index is 12.6. The van der Waals surface area contributed by atoms with Crippen molar-refractivity contribution in [1.82, 2.24) is 15.0 Å². The number of nitrogens with zero attached hydrogens (tertiary/aromatic N) is 8. The molecule has 33 heteroatoms. The Kier molecular flexibility index (Phi) is 25.9. The molecule has 0 saturated carbocycles. The van der Waals surface area contributed by atoms with Crippen LogP contribution in [0.3, 0.4) is 0 Å². The van der Waals surface area contributed by atoms with Crippen molar-refractivity contribution in [3.8, 4) is 5.75 Å². The van der Waals surface area contributed by atoms with E-state index in [1.807, 2.05) is 0 Å². The Labute approximate surface area is 462 Å². The molecule has 0 unspecified atom stereocenters. The number of aromatic carboxylic acids is 1. The van der Waals surface area contributed by atoms with Crippen LogP contribution in [-0.2, 0) is 61.0 Å². The number of sulfone groups is 1. The summed E-state index contributed by atoms with van der Waals surface area (Å²) in [5, 5.41) is 48.7. The molecule has 0 amide bonds. The van der Waals surface area contributed by atoms with Gasteiger partial charge in [-0.3, -0.25) is 9.22 Å². The third-order valence-corrected chi connectivity index (χ3v) is 11.4. The van der Waals surface area contributed by atoms with Gasteiger partial charge >= 0.3 is 112 Å². The topological polar surface area (TPSA) is 362 Å². The average molecular weight is 1080 g/mol. The van der Waals surface area contributed by atoms with Crippen molar-refractivity contribution in [3.05, 3.63) is 107 Å². The first kappa shape index (κ1) is 61.6. The molecule has 0 atom stereocenters. The van der Waals surface area contributed by atoms with Gasteiger partial charge in [0.05, 0.1) is 39.9 Å². The maximum atomic E-state index is 12.6. The summed E-state index contributed by atoms with van der Waals surface area (Å²) in [6.45, 7) is 0.918. The Bertz CT molecular complexity index is 2870. The van der Waals surface area contributed by atoms with E-state index in [1.165, 1.54) is 53.4 Å². The summed E-state index contributed by atoms with van der Waals surface area (Å²) < 4.78 is 102. The van der Waals surface area contributed by atoms with Crippen LogP contribution in [0, 0.1) is 0 Å². The quantitative estimate of drug-likeness (QED) is 0.00669. The molecule has 0 fully saturated rings. The number of anilines is 4. The van der Waals surface area contributed by atoms with Gasteiger partial charge in [-0.05, 0) is 67.1 Å². The number of hydrogen-bond donors (Lipinski definition) is 3. The van der Waals surface area contributed by atoms with Crippen molar-refractivity contribution in [2.75, 3.05) is 29.1 Å². The number of halogens is 1. The number of amidine groups is 1. The summed E-state index contributed by atoms with van der Waals surface area (Å²) in [6.07, 6.45) is 0. The number of nitrogens with one attached hydrogen (secondary N) is 1. The molecule has 5 rings (SSSR count). The van der Waals surface area contributed by atoms with E-state index in [9.17, 15) is 54.6 Å². The first-order valence-corrected chi connectivity index (χ1v) is 22.3. The Morgan fingerprint density at radius 2 is 1.59 bits per heavy atom. The molecule has 0 aliphatic carbocycles. The number of carboxylic acids is 1. The van der Waals surface area contributed by atoms with E-state index >= 15 is 0 Å². The molecule has 0 bridgehead atoms. The van der Waals surface area contributed by atoms with Crippen LogP contribution in [0.4, 0.5) is 34.6 Å². The number of aromatic nitrogens is 3. The first-order valence-electron chi connectivity index (χ1n) is 16.8. The minimum atomic E-state index is -5.24. The molecule has 1 heterocycles. The maximum Gasteiger partial charge on any atom is 1.00 e. The van der Waals surface area contributed by atoms with Gasteiger partial charge in [0.2, 0.25) is 27.6 Å². The van der Waals surface area contributed by atoms with E-state index in [2.05, 4.69) is 54.6 Å². The predicted molar refractivity (Wildman–Crippen MR) is 213 cm³/mol. The zero-order valence-electron chi connectivity index (χ0n) is 34.3. The number of phenols is 1. The number of hydrogen-bond acceptors (Lipinski definition) is 22. The molecule has 5 aromatic rings. The fourth-order valence-corrected chi connectivity index (χ4v) is 7.53. The van der Waals surface area contributed by atoms with Crippen LogP contribution >= 0.6 is 23.6 Å². The first-order chi connectivity index (χ1) is 29.3. The molecular weight excluding hydrogens is 1060 g/mol. The Morgan fingerprint density at radius 1 is 0.924 bits per heavy atom. The molecule has 1 aromatic heterocycles. The second-order valence-corrected chi connectivity index (χ2v) is 17.4. The molecule has 0 spiro atoms. The van der Waals surface area contributed by atoms with Crippen molar-refractivity contribution in [2.24, 2.45) is 15.3 Å². The van der Waals surface area contributed by atoms with Crippen molar-refractivity contribution < 1.29 is 174 Å². The van der Waals surface area contributed by atoms with Gasteiger partial charge in [0.15, 0.2) is 21.4 Å². The summed E-state index contributed by atoms with van der Waals surface area (Å²) in [5.41, 5.74) is 2.92. The van der Waals surface area contributed by atoms with Gasteiger partial charge in [-0.15, -0.1) is 15.9 Å². The molecule has 0 radical (unpaired) electrons. The van der Waals surface area contributed by atoms with Crippen LogP contribution in [0.5, 0.6) is 5.75 Å². The van der Waals surface area contributed by atoms with Crippen LogP contribution in [0.2, 0.25) is 5.28 Å². The molecule has 24 nitrogen and oxygen atoms in total. The molecule has 0 saturated heterocycles. The van der Waals surface area contributed by atoms with Crippen molar-refractivity contribution >= 4 is 100 Å². The molecule has 3 N–H and O–H groups in total. The predicted octanol–water partition coefficient (Wildman–Crippen LogP) is -4.62. The van der Waals surface area contributed by atoms with E-state index in [1.54, 1.807) is 25.1 Å². The van der Waals surface area contributed by atoms with E-state index < -0.39 is 81.9 Å². The second kappa shape index (κ2) is 27.7. The molecule has 66 heavy (non-hydrogen) atoms. The van der Waals surface area contributed by atoms with Gasteiger partial charge in [0.25, 0.3) is 0 Å². The van der Waals surface area contributed by atoms with E-state index in [0.29, 0.717) is 23.8 Å². The number of aromatic hydroxyl groups is 1. The standard InChI is InChI=1S/C33H30ClN9O15S4.Cu.3Na/c1-2-43(20-8-11-22(12-9-20)60(48,49)15-14-56-62(53,54)55)33-37-31(34)36-32(38-33)35-26-17-23(61(50,51)52)18-27(28(26)44)40-42-29(19-6-4-3-5-7-19)41-39-25-16-21(59-58-57-47)10-13-24(25)30(45)46;;;;/h3-13,16-18H,2,14-15H2,1H3,(H7,35,36,37,38,39,40,41,42,44,45,46,47,50,51,52,53,54,55);;;;/q;4*+1/p-4. The smallest absolute Gasteiger partial charge is 0.744 e. The minimum Gasteiger partial charge on any atom is -0.744 e. The zero-order chi connectivity index (χ0) is 45.2. The summed E-state index contributed by atoms with van der Waals surface area (Å²) in [7, 11) is -14.4. The molecule has 0 aliphatic rings. The van der Waals surface area contributed by atoms with E-state index in [0.717, 1.165) is 12.1 Å². The van der Waals surface area contributed by atoms with Crippen molar-refractivity contribution in [3.63, 3.8) is 0 Å². The Morgan fingerprint density at radius 3 is 2.18 bits per heavy atom. The van der Waals surface area contributed by atoms with Gasteiger partial charge in [0.1, 0.15) is 15.8 Å². The number of carbonyl (C=O) groups is 1. The third kappa shape index (κ3) is 17.8. The van der Waals surface area contributed by atoms with Gasteiger partial charge < -0.3 is 45.3 Å². The molecule has 338 valence electrons. The summed E-state index contributed by atoms with van der Waals surface area (Å²) >= 11 is 6.67. The monoisotopic (exact) mass is 1080 g/mol. The molecule has 4 aromatic carbocycles. The zero-order valence-corrected chi connectivity index (χ0v) is 45.3. The van der Waals surface area contributed by atoms with Gasteiger partial charge in [0, 0.05) is 28.3 Å². The summed E-state index contributed by atoms with van der Waals surface area (Å²) in [4.78, 5) is 24.7. The van der Waals surface area contributed by atoms with Crippen molar-refractivity contribution in [1.29, 1.82) is 0 Å². The second-order valence-electron chi connectivity index (χ2n) is 11.7. The molecular formula is C33H26ClCuN9Na3O15S4. The van der Waals surface area contributed by atoms with Crippen LogP contribution in [0.15, 0.2) is 115 Å². The Hall–Kier alpha value is -2.40. The summed E-state index contributed by atoms with van der Waals surface area (Å²) in [6, 6.07) is 18.1. The Balaban J connectivity index is 0.00000544. The van der Waals surface area contributed by atoms with Gasteiger partial charge in [-0.1, -0.05) is 36.4 Å². The minimum absolute atomic E-state index is 0. The fourth-order valence-electron chi connectivity index (χ4n) is 4.99. The fraction of sp³-hybridized carbons (Fsp3) is 0.121. The average Bonchev–Trinajstić information content (AvgIpc) is 3.21. The van der Waals surface area contributed by atoms with Crippen LogP contribution in [0.25, 0.3) is 5.43 Å². The SMILES string of the molecule is CCN(c1ccc(S(=O)(=O)CCOS(=O)(=O)[O-])cc1)c1nc(Cl)nc(Nc2cc(S(=O)(=O)[O-])cc(N=N/C(=N\[N-]c3cc(SOO[O-])ccc3C(=O)O)c3ccccc3)c2O)n1.[Cu+].[Na+].[Na+].[Na+]. The largest absolute Gasteiger partial charge is 1.00 e. The van der Waals surface area contributed by atoms with Gasteiger partial charge in [-0.25, -0.2) is 30.0 Å². The number of carboxylic acid groups (broad SMARTS) is 1. The van der Waals surface area contributed by atoms with Crippen LogP contribution < -0.4 is 104 Å². The molecule has 0 aliphatic heterocycles. The summed E-state index contributed by atoms with van der Waals surface area (Å²) in [5.74, 6) is -3.82. The van der Waals surface area contributed by atoms with E-state index in [4.69, 9.17) is 11.6 Å². The number of benzene rings is 4. The number of azo groups is 1. The normalized spacial score (nSPS) is 11.6. The third-order valence-electron chi connectivity index (χ3n) is 7.73. The van der Waals surface area contributed by atoms with Gasteiger partial charge in [-0.2, -0.15) is 19.3 Å². The van der Waals surface area contributed by atoms with Crippen LogP contribution in [0.1, 0.15) is 22.8 Å². The van der Waals surface area contributed by atoms with E-state index in [-0.39, 0.29) is 151 Å². The van der Waals surface area contributed by atoms with Crippen molar-refractivity contribution in [2.45, 2.75) is 21.6 Å².